The number of nitrogens with one attached hydrogen (secondary N) is 1. The van der Waals surface area contributed by atoms with E-state index >= 15 is 0 Å². The minimum Gasteiger partial charge on any atom is -0.447 e. The smallest absolute Gasteiger partial charge is 0.254 e. The van der Waals surface area contributed by atoms with Crippen molar-refractivity contribution < 1.29 is 27.2 Å². The Bertz CT molecular complexity index is 1320. The van der Waals surface area contributed by atoms with Crippen molar-refractivity contribution in [3.63, 3.8) is 0 Å². The number of halogens is 3. The van der Waals surface area contributed by atoms with Gasteiger partial charge < -0.3 is 14.6 Å². The molecule has 1 aliphatic carbocycles. The van der Waals surface area contributed by atoms with Crippen molar-refractivity contribution in [2.45, 2.75) is 38.9 Å². The molecule has 2 aromatic carbocycles. The number of benzene rings is 2. The molecule has 1 N–H and O–H groups in total. The van der Waals surface area contributed by atoms with Crippen LogP contribution in [0.4, 0.5) is 13.2 Å². The number of aromatic nitrogens is 1. The topological polar surface area (TPSA) is 75.4 Å². The highest BCUT2D eigenvalue weighted by atomic mass is 19.1. The van der Waals surface area contributed by atoms with Crippen LogP contribution in [0.3, 0.4) is 0 Å². The van der Waals surface area contributed by atoms with Gasteiger partial charge in [-0.05, 0) is 42.7 Å². The number of Topliss-reactive ketones (excluding diaryl/α,β-unsaturated/α-hetero) is 1. The molecule has 180 valence electrons. The Morgan fingerprint density at radius 2 is 2.00 bits per heavy atom. The third-order valence-electron chi connectivity index (χ3n) is 6.66. The lowest BCUT2D eigenvalue weighted by Gasteiger charge is -2.36. The van der Waals surface area contributed by atoms with Crippen LogP contribution < -0.4 is 5.32 Å². The fraction of sp³-hybridized carbons (Fsp3) is 0.269. The molecular weight excluding hydrogens is 459 g/mol. The van der Waals surface area contributed by atoms with Crippen LogP contribution in [-0.2, 0) is 22.7 Å². The lowest BCUT2D eigenvalue weighted by molar-refractivity contribution is -0.131. The molecule has 0 radical (unpaired) electrons. The SMILES string of the molecule is CC1=C(C(=O)N[C@H](c2cc(F)cc(F)c2)C2CCC2=O)c2cccc(F)c2CN1Cc1ncco1. The average Bonchev–Trinajstić information content (AvgIpc) is 3.31. The average molecular weight is 481 g/mol. The molecule has 1 saturated carbocycles. The molecule has 6 nitrogen and oxygen atoms in total. The Morgan fingerprint density at radius 1 is 1.23 bits per heavy atom. The van der Waals surface area contributed by atoms with Gasteiger partial charge in [-0.15, -0.1) is 0 Å². The summed E-state index contributed by atoms with van der Waals surface area (Å²) in [4.78, 5) is 31.9. The minimum atomic E-state index is -0.923. The Kier molecular flexibility index (Phi) is 5.92. The third kappa shape index (κ3) is 4.34. The summed E-state index contributed by atoms with van der Waals surface area (Å²) < 4.78 is 48.1. The van der Waals surface area contributed by atoms with Crippen molar-refractivity contribution in [2.24, 2.45) is 5.92 Å². The first-order valence-corrected chi connectivity index (χ1v) is 11.2. The molecular formula is C26H22F3N3O3. The summed E-state index contributed by atoms with van der Waals surface area (Å²) in [7, 11) is 0. The summed E-state index contributed by atoms with van der Waals surface area (Å²) in [5, 5.41) is 2.82. The summed E-state index contributed by atoms with van der Waals surface area (Å²) >= 11 is 0. The molecule has 5 rings (SSSR count). The van der Waals surface area contributed by atoms with Crippen LogP contribution in [-0.4, -0.2) is 21.6 Å². The Morgan fingerprint density at radius 3 is 2.63 bits per heavy atom. The van der Waals surface area contributed by atoms with Gasteiger partial charge in [0.25, 0.3) is 5.91 Å². The monoisotopic (exact) mass is 481 g/mol. The number of ketones is 1. The van der Waals surface area contributed by atoms with E-state index in [1.165, 1.54) is 24.6 Å². The summed E-state index contributed by atoms with van der Waals surface area (Å²) in [6, 6.07) is 6.54. The predicted molar refractivity (Wildman–Crippen MR) is 120 cm³/mol. The van der Waals surface area contributed by atoms with E-state index < -0.39 is 35.3 Å². The summed E-state index contributed by atoms with van der Waals surface area (Å²) in [5.74, 6) is -2.92. The number of allylic oxidation sites excluding steroid dienone is 1. The molecule has 1 fully saturated rings. The van der Waals surface area contributed by atoms with Gasteiger partial charge in [0, 0.05) is 36.2 Å². The number of amides is 1. The van der Waals surface area contributed by atoms with E-state index in [-0.39, 0.29) is 30.0 Å². The first-order valence-electron chi connectivity index (χ1n) is 11.2. The second kappa shape index (κ2) is 9.05. The van der Waals surface area contributed by atoms with Crippen molar-refractivity contribution in [2.75, 3.05) is 0 Å². The molecule has 2 atom stereocenters. The van der Waals surface area contributed by atoms with Crippen LogP contribution in [0.25, 0.3) is 5.57 Å². The summed E-state index contributed by atoms with van der Waals surface area (Å²) in [5.41, 5.74) is 1.70. The maximum atomic E-state index is 14.8. The fourth-order valence-corrected chi connectivity index (χ4v) is 4.74. The highest BCUT2D eigenvalue weighted by Gasteiger charge is 2.39. The number of carbonyl (C=O) groups excluding carboxylic acids is 2. The first-order chi connectivity index (χ1) is 16.8. The standard InChI is InChI=1S/C26H22F3N3O3/c1-14-24(18-3-2-4-21(29)20(18)12-32(14)13-23-30-7-8-35-23)26(34)31-25(19-5-6-22(19)33)15-9-16(27)11-17(28)10-15/h2-4,7-11,19,25H,5-6,12-13H2,1H3,(H,31,34)/t19?,25-/m1/s1. The van der Waals surface area contributed by atoms with Crippen molar-refractivity contribution in [3.05, 3.63) is 94.6 Å². The number of hydrogen-bond acceptors (Lipinski definition) is 5. The van der Waals surface area contributed by atoms with Crippen LogP contribution in [0.1, 0.15) is 48.4 Å². The van der Waals surface area contributed by atoms with Gasteiger partial charge in [0.15, 0.2) is 0 Å². The molecule has 3 aromatic rings. The molecule has 1 aromatic heterocycles. The highest BCUT2D eigenvalue weighted by Crippen LogP contribution is 2.38. The molecule has 1 aliphatic heterocycles. The van der Waals surface area contributed by atoms with Gasteiger partial charge in [0.2, 0.25) is 5.89 Å². The minimum absolute atomic E-state index is 0.0914. The van der Waals surface area contributed by atoms with Gasteiger partial charge in [-0.1, -0.05) is 12.1 Å². The van der Waals surface area contributed by atoms with E-state index in [9.17, 15) is 22.8 Å². The zero-order chi connectivity index (χ0) is 24.7. The Labute approximate surface area is 199 Å². The maximum Gasteiger partial charge on any atom is 0.254 e. The molecule has 9 heteroatoms. The lowest BCUT2D eigenvalue weighted by Crippen LogP contribution is -2.42. The van der Waals surface area contributed by atoms with Gasteiger partial charge in [-0.25, -0.2) is 18.2 Å². The van der Waals surface area contributed by atoms with Gasteiger partial charge in [0.05, 0.1) is 24.4 Å². The van der Waals surface area contributed by atoms with Gasteiger partial charge in [-0.2, -0.15) is 0 Å². The molecule has 0 saturated heterocycles. The van der Waals surface area contributed by atoms with Crippen LogP contribution in [0.15, 0.2) is 59.0 Å². The molecule has 1 unspecified atom stereocenters. The number of fused-ring (bicyclic) bond motifs is 1. The van der Waals surface area contributed by atoms with Crippen molar-refractivity contribution in [3.8, 4) is 0 Å². The van der Waals surface area contributed by atoms with Gasteiger partial charge in [0.1, 0.15) is 29.5 Å². The molecule has 0 bridgehead atoms. The molecule has 2 aliphatic rings. The van der Waals surface area contributed by atoms with Gasteiger partial charge >= 0.3 is 0 Å². The lowest BCUT2D eigenvalue weighted by atomic mass is 9.75. The molecule has 0 spiro atoms. The van der Waals surface area contributed by atoms with Crippen LogP contribution in [0.2, 0.25) is 0 Å². The Hall–Kier alpha value is -3.88. The van der Waals surface area contributed by atoms with E-state index in [0.717, 1.165) is 18.2 Å². The Balaban J connectivity index is 1.54. The van der Waals surface area contributed by atoms with E-state index in [0.29, 0.717) is 35.6 Å². The fourth-order valence-electron chi connectivity index (χ4n) is 4.74. The third-order valence-corrected chi connectivity index (χ3v) is 6.66. The quantitative estimate of drug-likeness (QED) is 0.554. The highest BCUT2D eigenvalue weighted by molar-refractivity contribution is 6.21. The number of nitrogens with zero attached hydrogens (tertiary/aromatic N) is 2. The summed E-state index contributed by atoms with van der Waals surface area (Å²) in [6.45, 7) is 2.15. The first kappa shape index (κ1) is 22.9. The largest absolute Gasteiger partial charge is 0.447 e. The molecule has 2 heterocycles. The molecule has 1 amide bonds. The van der Waals surface area contributed by atoms with Crippen molar-refractivity contribution in [1.82, 2.24) is 15.2 Å². The maximum absolute atomic E-state index is 14.8. The van der Waals surface area contributed by atoms with Crippen LogP contribution in [0.5, 0.6) is 0 Å². The number of carbonyl (C=O) groups is 2. The number of hydrogen-bond donors (Lipinski definition) is 1. The van der Waals surface area contributed by atoms with E-state index in [2.05, 4.69) is 10.3 Å². The predicted octanol–water partition coefficient (Wildman–Crippen LogP) is 4.68. The zero-order valence-corrected chi connectivity index (χ0v) is 18.9. The van der Waals surface area contributed by atoms with Crippen molar-refractivity contribution >= 4 is 17.3 Å². The number of oxazole rings is 1. The molecule has 35 heavy (non-hydrogen) atoms. The summed E-state index contributed by atoms with van der Waals surface area (Å²) in [6.07, 6.45) is 3.76. The zero-order valence-electron chi connectivity index (χ0n) is 18.9. The number of rotatable bonds is 6. The van der Waals surface area contributed by atoms with E-state index in [1.807, 2.05) is 0 Å². The van der Waals surface area contributed by atoms with Gasteiger partial charge in [-0.3, -0.25) is 9.59 Å². The van der Waals surface area contributed by atoms with Crippen LogP contribution >= 0.6 is 0 Å². The normalized spacial score (nSPS) is 18.2. The van der Waals surface area contributed by atoms with Crippen molar-refractivity contribution in [1.29, 1.82) is 0 Å². The van der Waals surface area contributed by atoms with E-state index in [1.54, 1.807) is 17.9 Å². The second-order valence-electron chi connectivity index (χ2n) is 8.77. The second-order valence-corrected chi connectivity index (χ2v) is 8.77. The van der Waals surface area contributed by atoms with E-state index in [4.69, 9.17) is 4.42 Å². The van der Waals surface area contributed by atoms with Crippen LogP contribution in [0, 0.1) is 23.4 Å².